The Morgan fingerprint density at radius 2 is 1.71 bits per heavy atom. The normalized spacial score (nSPS) is 16.2. The second kappa shape index (κ2) is 3.42. The number of rotatable bonds is 0. The Morgan fingerprint density at radius 1 is 1.00 bits per heavy atom. The summed E-state index contributed by atoms with van der Waals surface area (Å²) in [6.07, 6.45) is 0. The van der Waals surface area contributed by atoms with Gasteiger partial charge in [-0.25, -0.2) is 8.42 Å². The number of hydrogen-bond acceptors (Lipinski definition) is 2. The molecule has 0 saturated heterocycles. The summed E-state index contributed by atoms with van der Waals surface area (Å²) >= 11 is 18.0. The van der Waals surface area contributed by atoms with Gasteiger partial charge in [-0.15, -0.1) is 0 Å². The van der Waals surface area contributed by atoms with Crippen molar-refractivity contribution in [2.45, 2.75) is 4.90 Å². The smallest absolute Gasteiger partial charge is 0.262 e. The Hall–Kier alpha value is -0.680. The molecule has 1 heterocycles. The fraction of sp³-hybridized carbons (Fsp3) is 0. The van der Waals surface area contributed by atoms with Gasteiger partial charge >= 0.3 is 0 Å². The molecule has 2 aromatic carbocycles. The molecule has 0 spiro atoms. The largest absolute Gasteiger partial charge is 0.277 e. The molecule has 7 heteroatoms. The molecule has 1 N–H and O–H groups in total. The van der Waals surface area contributed by atoms with Gasteiger partial charge in [-0.05, 0) is 6.07 Å². The highest BCUT2D eigenvalue weighted by atomic mass is 35.5. The standard InChI is InChI=1S/C10H4Cl3NO2S/c11-7-4-2-1-3-5-6(4)10(9(13)8(7)12)14-17(5,15)16/h1-3,14H. The first-order chi connectivity index (χ1) is 7.93. The molecule has 0 aliphatic carbocycles. The fourth-order valence-corrected chi connectivity index (χ4v) is 4.03. The van der Waals surface area contributed by atoms with Crippen molar-refractivity contribution >= 4 is 61.3 Å². The van der Waals surface area contributed by atoms with Crippen molar-refractivity contribution in [1.82, 2.24) is 0 Å². The molecule has 3 rings (SSSR count). The summed E-state index contributed by atoms with van der Waals surface area (Å²) in [5.41, 5.74) is 0.298. The molecule has 3 nitrogen and oxygen atoms in total. The van der Waals surface area contributed by atoms with E-state index in [0.717, 1.165) is 0 Å². The van der Waals surface area contributed by atoms with Crippen LogP contribution in [0.25, 0.3) is 10.8 Å². The van der Waals surface area contributed by atoms with Gasteiger partial charge in [0, 0.05) is 10.8 Å². The summed E-state index contributed by atoms with van der Waals surface area (Å²) in [6.45, 7) is 0. The summed E-state index contributed by atoms with van der Waals surface area (Å²) in [6, 6.07) is 4.82. The van der Waals surface area contributed by atoms with Crippen molar-refractivity contribution in [1.29, 1.82) is 0 Å². The Labute approximate surface area is 112 Å². The maximum absolute atomic E-state index is 11.9. The lowest BCUT2D eigenvalue weighted by Crippen LogP contribution is -2.06. The molecule has 0 saturated carbocycles. The zero-order chi connectivity index (χ0) is 12.4. The number of hydrogen-bond donors (Lipinski definition) is 1. The quantitative estimate of drug-likeness (QED) is 0.750. The molecule has 17 heavy (non-hydrogen) atoms. The maximum atomic E-state index is 11.9. The summed E-state index contributed by atoms with van der Waals surface area (Å²) in [5.74, 6) is 0. The molecule has 0 aromatic heterocycles. The van der Waals surface area contributed by atoms with Gasteiger partial charge in [0.25, 0.3) is 10.0 Å². The third-order valence-electron chi connectivity index (χ3n) is 2.64. The number of halogens is 3. The van der Waals surface area contributed by atoms with Crippen LogP contribution in [0.3, 0.4) is 0 Å². The predicted octanol–water partition coefficient (Wildman–Crippen LogP) is 3.91. The minimum absolute atomic E-state index is 0.123. The molecule has 0 radical (unpaired) electrons. The summed E-state index contributed by atoms with van der Waals surface area (Å²) in [7, 11) is -3.57. The Morgan fingerprint density at radius 3 is 2.41 bits per heavy atom. The van der Waals surface area contributed by atoms with Crippen LogP contribution in [0.4, 0.5) is 5.69 Å². The van der Waals surface area contributed by atoms with Crippen LogP contribution < -0.4 is 4.72 Å². The van der Waals surface area contributed by atoms with E-state index in [0.29, 0.717) is 16.5 Å². The molecule has 0 atom stereocenters. The fourth-order valence-electron chi connectivity index (χ4n) is 1.92. The second-order valence-corrected chi connectivity index (χ2v) is 6.39. The molecule has 0 fully saturated rings. The zero-order valence-corrected chi connectivity index (χ0v) is 11.2. The van der Waals surface area contributed by atoms with Gasteiger partial charge in [0.2, 0.25) is 0 Å². The molecule has 88 valence electrons. The van der Waals surface area contributed by atoms with E-state index in [2.05, 4.69) is 4.72 Å². The van der Waals surface area contributed by atoms with E-state index in [1.165, 1.54) is 6.07 Å². The SMILES string of the molecule is O=S1(=O)Nc2c(Cl)c(Cl)c(Cl)c3cccc1c23. The lowest BCUT2D eigenvalue weighted by Gasteiger charge is -2.07. The van der Waals surface area contributed by atoms with Crippen molar-refractivity contribution in [2.75, 3.05) is 4.72 Å². The first-order valence-corrected chi connectivity index (χ1v) is 7.17. The van der Waals surface area contributed by atoms with E-state index in [1.807, 2.05) is 0 Å². The molecule has 1 aliphatic heterocycles. The van der Waals surface area contributed by atoms with Crippen molar-refractivity contribution in [3.05, 3.63) is 33.3 Å². The van der Waals surface area contributed by atoms with E-state index >= 15 is 0 Å². The van der Waals surface area contributed by atoms with Crippen LogP contribution in [0.2, 0.25) is 15.1 Å². The lowest BCUT2D eigenvalue weighted by atomic mass is 10.1. The van der Waals surface area contributed by atoms with Crippen LogP contribution in [0.15, 0.2) is 23.1 Å². The second-order valence-electron chi connectivity index (χ2n) is 3.60. The third kappa shape index (κ3) is 1.38. The molecule has 2 aromatic rings. The van der Waals surface area contributed by atoms with E-state index in [9.17, 15) is 8.42 Å². The third-order valence-corrected chi connectivity index (χ3v) is 5.38. The van der Waals surface area contributed by atoms with Gasteiger partial charge in [0.1, 0.15) is 0 Å². The van der Waals surface area contributed by atoms with Crippen LogP contribution in [-0.4, -0.2) is 8.42 Å². The first kappa shape index (κ1) is 11.4. The average molecular weight is 309 g/mol. The predicted molar refractivity (Wildman–Crippen MR) is 69.8 cm³/mol. The number of benzene rings is 2. The van der Waals surface area contributed by atoms with Crippen LogP contribution in [0.5, 0.6) is 0 Å². The van der Waals surface area contributed by atoms with Crippen LogP contribution >= 0.6 is 34.8 Å². The first-order valence-electron chi connectivity index (χ1n) is 4.55. The highest BCUT2D eigenvalue weighted by Gasteiger charge is 2.31. The minimum atomic E-state index is -3.57. The van der Waals surface area contributed by atoms with Gasteiger partial charge < -0.3 is 0 Å². The van der Waals surface area contributed by atoms with Crippen molar-refractivity contribution in [2.24, 2.45) is 0 Å². The number of anilines is 1. The highest BCUT2D eigenvalue weighted by Crippen LogP contribution is 2.48. The molecule has 0 amide bonds. The topological polar surface area (TPSA) is 46.2 Å². The van der Waals surface area contributed by atoms with Gasteiger partial charge in [0.15, 0.2) is 0 Å². The molecule has 0 bridgehead atoms. The Balaban J connectivity index is 2.66. The van der Waals surface area contributed by atoms with Crippen molar-refractivity contribution in [3.63, 3.8) is 0 Å². The number of nitrogens with one attached hydrogen (secondary N) is 1. The monoisotopic (exact) mass is 307 g/mol. The van der Waals surface area contributed by atoms with Crippen LogP contribution in [0.1, 0.15) is 0 Å². The molecule has 1 aliphatic rings. The summed E-state index contributed by atoms with van der Waals surface area (Å²) in [5, 5.41) is 1.60. The summed E-state index contributed by atoms with van der Waals surface area (Å²) < 4.78 is 26.1. The van der Waals surface area contributed by atoms with Crippen molar-refractivity contribution in [3.8, 4) is 0 Å². The average Bonchev–Trinajstić information content (AvgIpc) is 2.57. The molecular weight excluding hydrogens is 305 g/mol. The van der Waals surface area contributed by atoms with Gasteiger partial charge in [-0.1, -0.05) is 46.9 Å². The Bertz CT molecular complexity index is 771. The summed E-state index contributed by atoms with van der Waals surface area (Å²) in [4.78, 5) is 0.172. The molecule has 0 unspecified atom stereocenters. The van der Waals surface area contributed by atoms with Crippen LogP contribution in [-0.2, 0) is 10.0 Å². The molecular formula is C10H4Cl3NO2S. The van der Waals surface area contributed by atoms with Crippen molar-refractivity contribution < 1.29 is 8.42 Å². The van der Waals surface area contributed by atoms with E-state index in [-0.39, 0.29) is 20.0 Å². The maximum Gasteiger partial charge on any atom is 0.262 e. The number of sulfonamides is 1. The van der Waals surface area contributed by atoms with E-state index in [4.69, 9.17) is 34.8 Å². The van der Waals surface area contributed by atoms with Gasteiger partial charge in [0.05, 0.1) is 25.7 Å². The van der Waals surface area contributed by atoms with Crippen LogP contribution in [0, 0.1) is 0 Å². The van der Waals surface area contributed by atoms with E-state index in [1.54, 1.807) is 12.1 Å². The minimum Gasteiger partial charge on any atom is -0.277 e. The van der Waals surface area contributed by atoms with E-state index < -0.39 is 10.0 Å². The lowest BCUT2D eigenvalue weighted by molar-refractivity contribution is 0.603. The highest BCUT2D eigenvalue weighted by molar-refractivity contribution is 7.93. The zero-order valence-electron chi connectivity index (χ0n) is 8.09. The van der Waals surface area contributed by atoms with Gasteiger partial charge in [-0.2, -0.15) is 0 Å². The Kier molecular flexibility index (Phi) is 2.29. The van der Waals surface area contributed by atoms with Gasteiger partial charge in [-0.3, -0.25) is 4.72 Å².